The minimum absolute atomic E-state index is 0.665. The summed E-state index contributed by atoms with van der Waals surface area (Å²) in [6.45, 7) is 11.5. The van der Waals surface area contributed by atoms with Crippen LogP contribution in [0, 0.1) is 0 Å². The summed E-state index contributed by atoms with van der Waals surface area (Å²) < 4.78 is 0. The first-order valence-electron chi connectivity index (χ1n) is 8.59. The Balaban J connectivity index is 1.77. The molecule has 1 atom stereocenters. The average Bonchev–Trinajstić information content (AvgIpc) is 2.54. The van der Waals surface area contributed by atoms with Crippen molar-refractivity contribution in [2.45, 2.75) is 39.2 Å². The van der Waals surface area contributed by atoms with Crippen molar-refractivity contribution in [3.8, 4) is 0 Å². The smallest absolute Gasteiger partial charge is 0.0367 e. The van der Waals surface area contributed by atoms with Crippen LogP contribution in [0.1, 0.15) is 33.1 Å². The van der Waals surface area contributed by atoms with Gasteiger partial charge in [0.1, 0.15) is 0 Å². The standard InChI is InChI=1S/C18H31N3/c1-3-8-17(19-11-4-2)16-20-12-14-21(15-13-20)18-9-6-5-7-10-18/h5-7,9-10,17,19H,3-4,8,11-16H2,1-2H3. The van der Waals surface area contributed by atoms with E-state index in [1.807, 2.05) is 0 Å². The van der Waals surface area contributed by atoms with Gasteiger partial charge >= 0.3 is 0 Å². The maximum atomic E-state index is 3.71. The Bertz CT molecular complexity index is 371. The van der Waals surface area contributed by atoms with E-state index in [-0.39, 0.29) is 0 Å². The molecule has 1 aliphatic heterocycles. The number of piperazine rings is 1. The molecule has 3 heteroatoms. The normalized spacial score (nSPS) is 17.9. The van der Waals surface area contributed by atoms with Crippen molar-refractivity contribution in [3.63, 3.8) is 0 Å². The largest absolute Gasteiger partial charge is 0.369 e. The van der Waals surface area contributed by atoms with Gasteiger partial charge in [-0.1, -0.05) is 38.5 Å². The molecule has 118 valence electrons. The molecule has 21 heavy (non-hydrogen) atoms. The van der Waals surface area contributed by atoms with E-state index in [0.29, 0.717) is 6.04 Å². The molecule has 3 nitrogen and oxygen atoms in total. The Morgan fingerprint density at radius 3 is 2.33 bits per heavy atom. The van der Waals surface area contributed by atoms with Gasteiger partial charge in [-0.3, -0.25) is 4.90 Å². The highest BCUT2D eigenvalue weighted by atomic mass is 15.3. The first-order chi connectivity index (χ1) is 10.3. The number of para-hydroxylation sites is 1. The van der Waals surface area contributed by atoms with Crippen molar-refractivity contribution >= 4 is 5.69 Å². The number of anilines is 1. The Labute approximate surface area is 130 Å². The minimum atomic E-state index is 0.665. The highest BCUT2D eigenvalue weighted by Gasteiger charge is 2.19. The average molecular weight is 289 g/mol. The van der Waals surface area contributed by atoms with Crippen LogP contribution in [0.4, 0.5) is 5.69 Å². The molecule has 1 unspecified atom stereocenters. The lowest BCUT2D eigenvalue weighted by Crippen LogP contribution is -2.50. The lowest BCUT2D eigenvalue weighted by molar-refractivity contribution is 0.224. The molecule has 1 N–H and O–H groups in total. The van der Waals surface area contributed by atoms with Gasteiger partial charge in [-0.2, -0.15) is 0 Å². The number of hydrogen-bond acceptors (Lipinski definition) is 3. The predicted molar refractivity (Wildman–Crippen MR) is 92.1 cm³/mol. The molecule has 0 aliphatic carbocycles. The van der Waals surface area contributed by atoms with Gasteiger partial charge in [0.25, 0.3) is 0 Å². The van der Waals surface area contributed by atoms with Gasteiger partial charge in [-0.15, -0.1) is 0 Å². The van der Waals surface area contributed by atoms with Gasteiger partial charge in [0.05, 0.1) is 0 Å². The van der Waals surface area contributed by atoms with Crippen LogP contribution in [0.25, 0.3) is 0 Å². The van der Waals surface area contributed by atoms with Gasteiger partial charge in [0.15, 0.2) is 0 Å². The molecular weight excluding hydrogens is 258 g/mol. The Morgan fingerprint density at radius 1 is 1.00 bits per heavy atom. The third-order valence-corrected chi connectivity index (χ3v) is 4.29. The molecule has 1 heterocycles. The van der Waals surface area contributed by atoms with Crippen LogP contribution >= 0.6 is 0 Å². The molecule has 1 aliphatic rings. The van der Waals surface area contributed by atoms with Gasteiger partial charge in [0, 0.05) is 44.5 Å². The highest BCUT2D eigenvalue weighted by molar-refractivity contribution is 5.46. The molecule has 2 rings (SSSR count). The molecule has 1 aromatic rings. The summed E-state index contributed by atoms with van der Waals surface area (Å²) in [7, 11) is 0. The quantitative estimate of drug-likeness (QED) is 0.794. The number of nitrogens with one attached hydrogen (secondary N) is 1. The fraction of sp³-hybridized carbons (Fsp3) is 0.667. The molecule has 1 aromatic carbocycles. The van der Waals surface area contributed by atoms with Gasteiger partial charge in [-0.05, 0) is 31.5 Å². The molecule has 0 amide bonds. The van der Waals surface area contributed by atoms with Crippen LogP contribution in [0.2, 0.25) is 0 Å². The van der Waals surface area contributed by atoms with Gasteiger partial charge < -0.3 is 10.2 Å². The van der Waals surface area contributed by atoms with E-state index < -0.39 is 0 Å². The number of nitrogens with zero attached hydrogens (tertiary/aromatic N) is 2. The van der Waals surface area contributed by atoms with Crippen LogP contribution in [0.3, 0.4) is 0 Å². The van der Waals surface area contributed by atoms with Crippen molar-refractivity contribution in [2.75, 3.05) is 44.2 Å². The molecule has 0 saturated carbocycles. The summed E-state index contributed by atoms with van der Waals surface area (Å²) in [6, 6.07) is 11.5. The van der Waals surface area contributed by atoms with Gasteiger partial charge in [0.2, 0.25) is 0 Å². The fourth-order valence-electron chi connectivity index (χ4n) is 3.09. The molecule has 0 radical (unpaired) electrons. The van der Waals surface area contributed by atoms with Gasteiger partial charge in [-0.25, -0.2) is 0 Å². The summed E-state index contributed by atoms with van der Waals surface area (Å²) in [6.07, 6.45) is 3.78. The zero-order valence-electron chi connectivity index (χ0n) is 13.7. The topological polar surface area (TPSA) is 18.5 Å². The summed E-state index contributed by atoms with van der Waals surface area (Å²) in [5, 5.41) is 3.71. The van der Waals surface area contributed by atoms with Crippen LogP contribution in [0.5, 0.6) is 0 Å². The predicted octanol–water partition coefficient (Wildman–Crippen LogP) is 2.98. The van der Waals surface area contributed by atoms with E-state index >= 15 is 0 Å². The number of benzene rings is 1. The van der Waals surface area contributed by atoms with Crippen molar-refractivity contribution in [3.05, 3.63) is 30.3 Å². The van der Waals surface area contributed by atoms with Crippen LogP contribution in [0.15, 0.2) is 30.3 Å². The zero-order chi connectivity index (χ0) is 14.9. The molecule has 0 spiro atoms. The highest BCUT2D eigenvalue weighted by Crippen LogP contribution is 2.15. The third-order valence-electron chi connectivity index (χ3n) is 4.29. The molecular formula is C18H31N3. The van der Waals surface area contributed by atoms with E-state index in [0.717, 1.165) is 19.6 Å². The maximum absolute atomic E-state index is 3.71. The second kappa shape index (κ2) is 9.06. The van der Waals surface area contributed by atoms with E-state index in [2.05, 4.69) is 59.3 Å². The van der Waals surface area contributed by atoms with E-state index in [4.69, 9.17) is 0 Å². The Morgan fingerprint density at radius 2 is 1.71 bits per heavy atom. The van der Waals surface area contributed by atoms with E-state index in [1.54, 1.807) is 0 Å². The van der Waals surface area contributed by atoms with E-state index in [9.17, 15) is 0 Å². The van der Waals surface area contributed by atoms with Crippen LogP contribution < -0.4 is 10.2 Å². The second-order valence-electron chi connectivity index (χ2n) is 6.06. The van der Waals surface area contributed by atoms with Crippen molar-refractivity contribution in [1.82, 2.24) is 10.2 Å². The minimum Gasteiger partial charge on any atom is -0.369 e. The number of rotatable bonds is 8. The molecule has 0 aromatic heterocycles. The summed E-state index contributed by atoms with van der Waals surface area (Å²) in [5.41, 5.74) is 1.37. The van der Waals surface area contributed by atoms with Crippen molar-refractivity contribution < 1.29 is 0 Å². The lowest BCUT2D eigenvalue weighted by Gasteiger charge is -2.37. The Kier molecular flexibility index (Phi) is 7.04. The SMILES string of the molecule is CCCNC(CCC)CN1CCN(c2ccccc2)CC1. The van der Waals surface area contributed by atoms with Crippen molar-refractivity contribution in [1.29, 1.82) is 0 Å². The Hall–Kier alpha value is -1.06. The zero-order valence-corrected chi connectivity index (χ0v) is 13.7. The van der Waals surface area contributed by atoms with Crippen LogP contribution in [-0.4, -0.2) is 50.2 Å². The van der Waals surface area contributed by atoms with E-state index in [1.165, 1.54) is 44.6 Å². The summed E-state index contributed by atoms with van der Waals surface area (Å²) in [5.74, 6) is 0. The second-order valence-corrected chi connectivity index (χ2v) is 6.06. The third kappa shape index (κ3) is 5.33. The van der Waals surface area contributed by atoms with Crippen LogP contribution in [-0.2, 0) is 0 Å². The fourth-order valence-corrected chi connectivity index (χ4v) is 3.09. The first-order valence-corrected chi connectivity index (χ1v) is 8.59. The summed E-state index contributed by atoms with van der Waals surface area (Å²) in [4.78, 5) is 5.13. The molecule has 1 saturated heterocycles. The number of hydrogen-bond donors (Lipinski definition) is 1. The maximum Gasteiger partial charge on any atom is 0.0367 e. The monoisotopic (exact) mass is 289 g/mol. The lowest BCUT2D eigenvalue weighted by atomic mass is 10.1. The first kappa shape index (κ1) is 16.3. The summed E-state index contributed by atoms with van der Waals surface area (Å²) >= 11 is 0. The molecule has 0 bridgehead atoms. The van der Waals surface area contributed by atoms with Crippen molar-refractivity contribution in [2.24, 2.45) is 0 Å². The molecule has 1 fully saturated rings.